The van der Waals surface area contributed by atoms with Gasteiger partial charge < -0.3 is 19.9 Å². The van der Waals surface area contributed by atoms with Crippen LogP contribution >= 0.6 is 0 Å². The van der Waals surface area contributed by atoms with Crippen molar-refractivity contribution in [1.29, 1.82) is 0 Å². The molecule has 6 aromatic rings. The smallest absolute Gasteiger partial charge is 0.330 e. The minimum atomic E-state index is -0.362. The number of aryl methyl sites for hydroxylation is 6. The first-order valence-electron chi connectivity index (χ1n) is 22.4. The molecule has 1 aliphatic rings. The second-order valence-corrected chi connectivity index (χ2v) is 17.2. The number of carbonyl (C=O) groups is 1. The van der Waals surface area contributed by atoms with Crippen LogP contribution in [0.4, 0.5) is 28.4 Å². The van der Waals surface area contributed by atoms with E-state index in [2.05, 4.69) is 186 Å². The Hall–Kier alpha value is -5.94. The minimum Gasteiger partial charge on any atom is -0.457 e. The molecule has 1 fully saturated rings. The zero-order chi connectivity index (χ0) is 43.2. The lowest BCUT2D eigenvalue weighted by Gasteiger charge is -2.32. The van der Waals surface area contributed by atoms with Gasteiger partial charge in [-0.1, -0.05) is 74.4 Å². The van der Waals surface area contributed by atoms with E-state index in [1.807, 2.05) is 0 Å². The monoisotopic (exact) mass is 810 g/mol. The molecular weight excluding hydrogens is 747 g/mol. The predicted molar refractivity (Wildman–Crippen MR) is 259 cm³/mol. The highest BCUT2D eigenvalue weighted by Crippen LogP contribution is 2.42. The van der Waals surface area contributed by atoms with E-state index in [1.165, 1.54) is 79.1 Å². The Morgan fingerprint density at radius 3 is 1.62 bits per heavy atom. The maximum atomic E-state index is 12.3. The van der Waals surface area contributed by atoms with Gasteiger partial charge in [0.2, 0.25) is 0 Å². The van der Waals surface area contributed by atoms with Crippen LogP contribution in [0, 0.1) is 47.5 Å². The van der Waals surface area contributed by atoms with Crippen molar-refractivity contribution in [3.05, 3.63) is 178 Å². The van der Waals surface area contributed by atoms with Gasteiger partial charge in [-0.2, -0.15) is 0 Å². The fraction of sp³-hybridized carbons (Fsp3) is 0.321. The highest BCUT2D eigenvalue weighted by Gasteiger charge is 2.31. The number of anilines is 5. The number of hydrogen-bond acceptors (Lipinski definition) is 5. The van der Waals surface area contributed by atoms with Crippen molar-refractivity contribution in [2.75, 3.05) is 28.2 Å². The van der Waals surface area contributed by atoms with Crippen molar-refractivity contribution < 1.29 is 9.53 Å². The van der Waals surface area contributed by atoms with Crippen LogP contribution in [0.15, 0.2) is 122 Å². The van der Waals surface area contributed by atoms with Crippen LogP contribution in [0.1, 0.15) is 102 Å². The number of benzene rings is 6. The molecule has 0 saturated heterocycles. The van der Waals surface area contributed by atoms with Crippen molar-refractivity contribution in [1.82, 2.24) is 0 Å². The zero-order valence-electron chi connectivity index (χ0n) is 37.7. The van der Waals surface area contributed by atoms with Gasteiger partial charge in [-0.3, -0.25) is 0 Å². The molecule has 1 aliphatic carbocycles. The van der Waals surface area contributed by atoms with E-state index < -0.39 is 0 Å². The number of nitrogens with one attached hydrogen (secondary N) is 1. The maximum Gasteiger partial charge on any atom is 0.330 e. The van der Waals surface area contributed by atoms with Crippen LogP contribution in [0.5, 0.6) is 0 Å². The average Bonchev–Trinajstić information content (AvgIpc) is 3.24. The third-order valence-corrected chi connectivity index (χ3v) is 12.3. The Kier molecular flexibility index (Phi) is 13.6. The fourth-order valence-electron chi connectivity index (χ4n) is 9.92. The van der Waals surface area contributed by atoms with Crippen molar-refractivity contribution in [3.63, 3.8) is 0 Å². The molecule has 0 amide bonds. The molecule has 61 heavy (non-hydrogen) atoms. The molecule has 0 bridgehead atoms. The van der Waals surface area contributed by atoms with Gasteiger partial charge in [0.25, 0.3) is 0 Å². The summed E-state index contributed by atoms with van der Waals surface area (Å²) in [5.41, 5.74) is 17.3. The van der Waals surface area contributed by atoms with Crippen LogP contribution in [0.3, 0.4) is 0 Å². The highest BCUT2D eigenvalue weighted by atomic mass is 16.5. The van der Waals surface area contributed by atoms with Gasteiger partial charge in [0.15, 0.2) is 0 Å². The molecule has 2 atom stereocenters. The van der Waals surface area contributed by atoms with Gasteiger partial charge in [0.1, 0.15) is 6.10 Å². The lowest BCUT2D eigenvalue weighted by atomic mass is 9.82. The van der Waals surface area contributed by atoms with Gasteiger partial charge in [-0.05, 0) is 169 Å². The number of rotatable bonds is 15. The summed E-state index contributed by atoms with van der Waals surface area (Å²) in [5.74, 6) is 0.824. The Morgan fingerprint density at radius 2 is 1.15 bits per heavy atom. The molecule has 5 nitrogen and oxygen atoms in total. The Balaban J connectivity index is 1.33. The topological polar surface area (TPSA) is 44.8 Å². The normalized spacial score (nSPS) is 15.0. The number of esters is 1. The van der Waals surface area contributed by atoms with E-state index >= 15 is 0 Å². The lowest BCUT2D eigenvalue weighted by molar-refractivity contribution is -0.144. The van der Waals surface area contributed by atoms with Gasteiger partial charge in [0.05, 0.1) is 45.7 Å². The summed E-state index contributed by atoms with van der Waals surface area (Å²) in [7, 11) is 0. The van der Waals surface area contributed by atoms with Crippen LogP contribution in [-0.4, -0.2) is 31.2 Å². The molecule has 1 N–H and O–H groups in total. The van der Waals surface area contributed by atoms with Gasteiger partial charge in [0, 0.05) is 41.3 Å². The Bertz CT molecular complexity index is 2330. The van der Waals surface area contributed by atoms with E-state index in [1.54, 1.807) is 0 Å². The molecule has 0 aliphatic heterocycles. The minimum absolute atomic E-state index is 0.0224. The molecule has 0 spiro atoms. The second kappa shape index (κ2) is 19.2. The van der Waals surface area contributed by atoms with Crippen LogP contribution in [-0.2, 0) is 9.53 Å². The first-order chi connectivity index (χ1) is 29.5. The number of carbonyl (C=O) groups excluding carboxylic acids is 1. The standard InChI is InChI=1S/C56H64N3O2/c1-10-31-58(55-39(6)33-37(4)34-40(55)7)45-25-21-43(22-26-45)54(44-23-27-46(28-24-44)59(32-11-2)56-41(8)35-38(5)36-42(56)9)49-29-30-50(48-18-14-13-17-47(48)49)57-51-19-15-16-20-52(51)61-53(60)12-3/h12-14,17-18,21-30,33-36,51-52,57H,3,10-11,15-16,19-20,31-32H2,1-2,4-9H3/q+1. The molecule has 6 aromatic carbocycles. The average molecular weight is 811 g/mol. The summed E-state index contributed by atoms with van der Waals surface area (Å²) in [6.07, 6.45) is 7.07. The predicted octanol–water partition coefficient (Wildman–Crippen LogP) is 14.3. The van der Waals surface area contributed by atoms with E-state index in [9.17, 15) is 4.79 Å². The Labute approximate surface area is 365 Å². The first-order valence-corrected chi connectivity index (χ1v) is 22.4. The molecule has 5 heteroatoms. The van der Waals surface area contributed by atoms with Crippen LogP contribution in [0.25, 0.3) is 10.8 Å². The quantitative estimate of drug-likeness (QED) is 0.0484. The van der Waals surface area contributed by atoms with Gasteiger partial charge >= 0.3 is 5.97 Å². The fourth-order valence-corrected chi connectivity index (χ4v) is 9.92. The Morgan fingerprint density at radius 1 is 0.672 bits per heavy atom. The lowest BCUT2D eigenvalue weighted by Crippen LogP contribution is -2.39. The highest BCUT2D eigenvalue weighted by molar-refractivity contribution is 5.98. The third-order valence-electron chi connectivity index (χ3n) is 12.3. The third kappa shape index (κ3) is 9.37. The molecule has 2 unspecified atom stereocenters. The summed E-state index contributed by atoms with van der Waals surface area (Å²) in [6.45, 7) is 23.3. The largest absolute Gasteiger partial charge is 0.457 e. The first kappa shape index (κ1) is 43.2. The molecular formula is C56H64N3O2+. The maximum absolute atomic E-state index is 12.3. The van der Waals surface area contributed by atoms with E-state index in [-0.39, 0.29) is 18.1 Å². The molecule has 314 valence electrons. The molecule has 0 radical (unpaired) electrons. The molecule has 1 saturated carbocycles. The van der Waals surface area contributed by atoms with E-state index in [0.717, 1.165) is 73.8 Å². The molecule has 0 aromatic heterocycles. The summed E-state index contributed by atoms with van der Waals surface area (Å²) >= 11 is 0. The van der Waals surface area contributed by atoms with Crippen molar-refractivity contribution >= 4 is 45.2 Å². The van der Waals surface area contributed by atoms with E-state index in [0.29, 0.717) is 0 Å². The number of hydrogen-bond donors (Lipinski definition) is 1. The number of ether oxygens (including phenoxy) is 1. The SMILES string of the molecule is C=CC(=O)OC1CCCCC1Nc1ccc([C+](c2ccc(N(CCC)c3c(C)cc(C)cc3C)cc2)c2ccc(N(CCC)c3c(C)cc(C)cc3C)cc2)c2ccccc12. The van der Waals surface area contributed by atoms with Crippen molar-refractivity contribution in [3.8, 4) is 0 Å². The summed E-state index contributed by atoms with van der Waals surface area (Å²) < 4.78 is 5.86. The number of nitrogens with zero attached hydrogens (tertiary/aromatic N) is 2. The summed E-state index contributed by atoms with van der Waals surface area (Å²) in [5, 5.41) is 6.15. The van der Waals surface area contributed by atoms with Crippen LogP contribution in [0.2, 0.25) is 0 Å². The van der Waals surface area contributed by atoms with Gasteiger partial charge in [-0.25, -0.2) is 4.79 Å². The van der Waals surface area contributed by atoms with Gasteiger partial charge in [-0.15, -0.1) is 0 Å². The van der Waals surface area contributed by atoms with Crippen molar-refractivity contribution in [2.24, 2.45) is 0 Å². The summed E-state index contributed by atoms with van der Waals surface area (Å²) in [6, 6.07) is 40.9. The molecule has 7 rings (SSSR count). The second-order valence-electron chi connectivity index (χ2n) is 17.2. The molecule has 0 heterocycles. The summed E-state index contributed by atoms with van der Waals surface area (Å²) in [4.78, 5) is 17.3. The van der Waals surface area contributed by atoms with Crippen LogP contribution < -0.4 is 15.1 Å². The zero-order valence-corrected chi connectivity index (χ0v) is 37.7. The van der Waals surface area contributed by atoms with E-state index in [4.69, 9.17) is 4.74 Å². The number of fused-ring (bicyclic) bond motifs is 1. The van der Waals surface area contributed by atoms with Crippen molar-refractivity contribution in [2.45, 2.75) is 106 Å².